The molecule has 2 aromatic rings. The van der Waals surface area contributed by atoms with Crippen molar-refractivity contribution in [2.75, 3.05) is 5.32 Å². The molecule has 3 heteroatoms. The molecule has 0 saturated heterocycles. The lowest BCUT2D eigenvalue weighted by atomic mass is 9.68. The van der Waals surface area contributed by atoms with Crippen LogP contribution in [0.1, 0.15) is 65.5 Å². The number of anilines is 1. The predicted octanol–water partition coefficient (Wildman–Crippen LogP) is 4.88. The fourth-order valence-electron chi connectivity index (χ4n) is 6.11. The molecule has 4 aliphatic rings. The fraction of sp³-hybridized carbons (Fsp3) is 0.458. The molecule has 0 unspecified atom stereocenters. The predicted molar refractivity (Wildman–Crippen MR) is 107 cm³/mol. The van der Waals surface area contributed by atoms with Gasteiger partial charge in [0.1, 0.15) is 0 Å². The van der Waals surface area contributed by atoms with Crippen LogP contribution in [0.5, 0.6) is 0 Å². The number of rotatable bonds is 3. The summed E-state index contributed by atoms with van der Waals surface area (Å²) < 4.78 is 0. The van der Waals surface area contributed by atoms with Crippen molar-refractivity contribution in [2.45, 2.75) is 50.1 Å². The van der Waals surface area contributed by atoms with Crippen molar-refractivity contribution in [2.24, 2.45) is 17.8 Å². The Morgan fingerprint density at radius 2 is 1.78 bits per heavy atom. The molecule has 138 valence electrons. The highest BCUT2D eigenvalue weighted by atomic mass is 16.1. The zero-order valence-electron chi connectivity index (χ0n) is 15.5. The molecule has 2 aromatic carbocycles. The van der Waals surface area contributed by atoms with E-state index in [1.165, 1.54) is 36.1 Å². The topological polar surface area (TPSA) is 41.1 Å². The second-order valence-electron chi connectivity index (χ2n) is 9.02. The van der Waals surface area contributed by atoms with E-state index in [0.29, 0.717) is 23.9 Å². The summed E-state index contributed by atoms with van der Waals surface area (Å²) >= 11 is 0. The van der Waals surface area contributed by atoms with Gasteiger partial charge in [0.15, 0.2) is 0 Å². The number of hydrogen-bond acceptors (Lipinski definition) is 2. The number of fused-ring (bicyclic) bond motifs is 7. The minimum absolute atomic E-state index is 0.102. The van der Waals surface area contributed by atoms with Crippen molar-refractivity contribution in [3.8, 4) is 0 Å². The largest absolute Gasteiger partial charge is 0.378 e. The summed E-state index contributed by atoms with van der Waals surface area (Å²) in [5.74, 6) is 2.95. The summed E-state index contributed by atoms with van der Waals surface area (Å²) in [5.41, 5.74) is 4.87. The molecule has 3 fully saturated rings. The number of amides is 1. The molecule has 1 amide bonds. The Balaban J connectivity index is 1.40. The Morgan fingerprint density at radius 3 is 2.59 bits per heavy atom. The Morgan fingerprint density at radius 1 is 0.963 bits per heavy atom. The third kappa shape index (κ3) is 2.51. The molecule has 3 saturated carbocycles. The average molecular weight is 358 g/mol. The fourth-order valence-corrected chi connectivity index (χ4v) is 6.11. The number of carbonyl (C=O) groups excluding carboxylic acids is 1. The third-order valence-electron chi connectivity index (χ3n) is 7.42. The summed E-state index contributed by atoms with van der Waals surface area (Å²) in [6.07, 6.45) is 6.34. The highest BCUT2D eigenvalue weighted by molar-refractivity contribution is 5.95. The van der Waals surface area contributed by atoms with Crippen LogP contribution in [-0.2, 0) is 0 Å². The van der Waals surface area contributed by atoms with E-state index in [9.17, 15) is 4.79 Å². The summed E-state index contributed by atoms with van der Waals surface area (Å²) in [5, 5.41) is 7.00. The molecule has 2 bridgehead atoms. The van der Waals surface area contributed by atoms with Gasteiger partial charge in [-0.05, 0) is 85.1 Å². The van der Waals surface area contributed by atoms with Gasteiger partial charge in [-0.15, -0.1) is 0 Å². The lowest BCUT2D eigenvalue weighted by molar-refractivity contribution is 0.0951. The van der Waals surface area contributed by atoms with E-state index in [1.54, 1.807) is 0 Å². The number of hydrogen-bond donors (Lipinski definition) is 2. The van der Waals surface area contributed by atoms with Crippen molar-refractivity contribution in [1.82, 2.24) is 5.32 Å². The van der Waals surface area contributed by atoms with E-state index in [2.05, 4.69) is 53.1 Å². The normalized spacial score (nSPS) is 33.1. The van der Waals surface area contributed by atoms with Crippen LogP contribution >= 0.6 is 0 Å². The SMILES string of the molecule is O=C(NC1CC1)c1ccc2c(c1)[C@H]1[C@H]3CC[C@H](C3)[C@@H]1[C@H](c1ccccc1)N2. The Labute approximate surface area is 160 Å². The summed E-state index contributed by atoms with van der Waals surface area (Å²) in [6.45, 7) is 0. The second kappa shape index (κ2) is 5.85. The average Bonchev–Trinajstić information content (AvgIpc) is 3.28. The molecular weight excluding hydrogens is 332 g/mol. The standard InChI is InChI=1S/C24H26N2O/c27-24(25-18-9-10-18)17-8-11-20-19(13-17)21-15-6-7-16(12-15)22(21)23(26-20)14-4-2-1-3-5-14/h1-5,8,11,13,15-16,18,21-23,26H,6-7,9-10,12H2,(H,25,27)/t15-,16+,21+,22-,23-/m0/s1. The second-order valence-corrected chi connectivity index (χ2v) is 9.02. The monoisotopic (exact) mass is 358 g/mol. The molecule has 0 aromatic heterocycles. The molecule has 0 radical (unpaired) electrons. The first kappa shape index (κ1) is 15.7. The van der Waals surface area contributed by atoms with Crippen LogP contribution in [0.15, 0.2) is 48.5 Å². The van der Waals surface area contributed by atoms with Gasteiger partial charge in [0.25, 0.3) is 5.91 Å². The lowest BCUT2D eigenvalue weighted by Gasteiger charge is -2.43. The van der Waals surface area contributed by atoms with Crippen molar-refractivity contribution in [1.29, 1.82) is 0 Å². The maximum absolute atomic E-state index is 12.6. The van der Waals surface area contributed by atoms with Crippen LogP contribution in [0.4, 0.5) is 5.69 Å². The number of carbonyl (C=O) groups is 1. The van der Waals surface area contributed by atoms with E-state index < -0.39 is 0 Å². The van der Waals surface area contributed by atoms with E-state index in [4.69, 9.17) is 0 Å². The summed E-state index contributed by atoms with van der Waals surface area (Å²) in [7, 11) is 0. The molecule has 3 nitrogen and oxygen atoms in total. The third-order valence-corrected chi connectivity index (χ3v) is 7.42. The Kier molecular flexibility index (Phi) is 3.41. The molecule has 1 heterocycles. The number of nitrogens with one attached hydrogen (secondary N) is 2. The lowest BCUT2D eigenvalue weighted by Crippen LogP contribution is -2.35. The molecule has 1 aliphatic heterocycles. The van der Waals surface area contributed by atoms with Crippen molar-refractivity contribution < 1.29 is 4.79 Å². The molecular formula is C24H26N2O. The maximum Gasteiger partial charge on any atom is 0.251 e. The van der Waals surface area contributed by atoms with Crippen molar-refractivity contribution >= 4 is 11.6 Å². The summed E-state index contributed by atoms with van der Waals surface area (Å²) in [6, 6.07) is 18.1. The zero-order valence-corrected chi connectivity index (χ0v) is 15.5. The molecule has 2 N–H and O–H groups in total. The molecule has 5 atom stereocenters. The van der Waals surface area contributed by atoms with E-state index in [0.717, 1.165) is 30.2 Å². The van der Waals surface area contributed by atoms with Gasteiger partial charge in [-0.25, -0.2) is 0 Å². The maximum atomic E-state index is 12.6. The molecule has 27 heavy (non-hydrogen) atoms. The van der Waals surface area contributed by atoms with Crippen LogP contribution in [-0.4, -0.2) is 11.9 Å². The van der Waals surface area contributed by atoms with Crippen LogP contribution in [0, 0.1) is 17.8 Å². The zero-order chi connectivity index (χ0) is 18.0. The van der Waals surface area contributed by atoms with Gasteiger partial charge in [0.2, 0.25) is 0 Å². The molecule has 0 spiro atoms. The van der Waals surface area contributed by atoms with Crippen LogP contribution in [0.3, 0.4) is 0 Å². The van der Waals surface area contributed by atoms with Crippen molar-refractivity contribution in [3.63, 3.8) is 0 Å². The van der Waals surface area contributed by atoms with Gasteiger partial charge in [0.05, 0.1) is 6.04 Å². The smallest absolute Gasteiger partial charge is 0.251 e. The van der Waals surface area contributed by atoms with E-state index in [1.807, 2.05) is 6.07 Å². The number of benzene rings is 2. The first-order valence-electron chi connectivity index (χ1n) is 10.5. The van der Waals surface area contributed by atoms with Crippen LogP contribution in [0.25, 0.3) is 0 Å². The first-order valence-corrected chi connectivity index (χ1v) is 10.5. The van der Waals surface area contributed by atoms with Gasteiger partial charge in [-0.1, -0.05) is 30.3 Å². The van der Waals surface area contributed by atoms with Gasteiger partial charge in [-0.2, -0.15) is 0 Å². The van der Waals surface area contributed by atoms with E-state index >= 15 is 0 Å². The molecule has 6 rings (SSSR count). The minimum atomic E-state index is 0.102. The van der Waals surface area contributed by atoms with Gasteiger partial charge in [0, 0.05) is 17.3 Å². The van der Waals surface area contributed by atoms with Crippen molar-refractivity contribution in [3.05, 3.63) is 65.2 Å². The first-order chi connectivity index (χ1) is 13.3. The summed E-state index contributed by atoms with van der Waals surface area (Å²) in [4.78, 5) is 12.6. The van der Waals surface area contributed by atoms with Gasteiger partial charge >= 0.3 is 0 Å². The van der Waals surface area contributed by atoms with E-state index in [-0.39, 0.29) is 5.91 Å². The van der Waals surface area contributed by atoms with Crippen LogP contribution in [0.2, 0.25) is 0 Å². The minimum Gasteiger partial charge on any atom is -0.378 e. The Hall–Kier alpha value is -2.29. The Bertz CT molecular complexity index is 889. The van der Waals surface area contributed by atoms with Gasteiger partial charge in [-0.3, -0.25) is 4.79 Å². The van der Waals surface area contributed by atoms with Gasteiger partial charge < -0.3 is 10.6 Å². The highest BCUT2D eigenvalue weighted by Gasteiger charge is 2.53. The molecule has 3 aliphatic carbocycles. The highest BCUT2D eigenvalue weighted by Crippen LogP contribution is 2.63. The van der Waals surface area contributed by atoms with Crippen LogP contribution < -0.4 is 10.6 Å². The quantitative estimate of drug-likeness (QED) is 0.821.